The standard InChI is InChI=1S/C13H12N2O2S2/c1-2-9-5-6-11(18-9)12(17)15-13-14-8-10(19-13)4-3-7-16/h5-6,8,16H,2,7H2,1H3,(H,14,15,17). The van der Waals surface area contributed by atoms with Crippen molar-refractivity contribution in [2.45, 2.75) is 13.3 Å². The molecule has 0 aliphatic carbocycles. The van der Waals surface area contributed by atoms with Gasteiger partial charge in [0.05, 0.1) is 16.0 Å². The Balaban J connectivity index is 2.04. The molecule has 2 N–H and O–H groups in total. The number of anilines is 1. The van der Waals surface area contributed by atoms with Crippen LogP contribution in [0.15, 0.2) is 18.3 Å². The van der Waals surface area contributed by atoms with Gasteiger partial charge in [0, 0.05) is 4.88 Å². The van der Waals surface area contributed by atoms with Crippen molar-refractivity contribution < 1.29 is 9.90 Å². The minimum atomic E-state index is -0.186. The zero-order valence-electron chi connectivity index (χ0n) is 10.3. The number of nitrogens with zero attached hydrogens (tertiary/aromatic N) is 1. The van der Waals surface area contributed by atoms with Crippen LogP contribution in [0.2, 0.25) is 0 Å². The van der Waals surface area contributed by atoms with Gasteiger partial charge in [0.2, 0.25) is 0 Å². The SMILES string of the molecule is CCc1ccc(C(=O)Nc2ncc(C#CCO)s2)s1. The Bertz CT molecular complexity index is 634. The number of aliphatic hydroxyl groups excluding tert-OH is 1. The summed E-state index contributed by atoms with van der Waals surface area (Å²) in [6.07, 6.45) is 2.50. The van der Waals surface area contributed by atoms with E-state index < -0.39 is 0 Å². The summed E-state index contributed by atoms with van der Waals surface area (Å²) in [7, 11) is 0. The van der Waals surface area contributed by atoms with Gasteiger partial charge in [-0.1, -0.05) is 30.1 Å². The second kappa shape index (κ2) is 6.48. The van der Waals surface area contributed by atoms with Crippen molar-refractivity contribution in [1.82, 2.24) is 4.98 Å². The van der Waals surface area contributed by atoms with Crippen molar-refractivity contribution in [1.29, 1.82) is 0 Å². The minimum Gasteiger partial charge on any atom is -0.384 e. The number of carbonyl (C=O) groups excluding carboxylic acids is 1. The highest BCUT2D eigenvalue weighted by atomic mass is 32.1. The number of thiazole rings is 1. The van der Waals surface area contributed by atoms with Crippen molar-refractivity contribution in [3.63, 3.8) is 0 Å². The molecule has 0 saturated carbocycles. The summed E-state index contributed by atoms with van der Waals surface area (Å²) < 4.78 is 0. The number of rotatable bonds is 3. The predicted octanol–water partition coefficient (Wildman–Crippen LogP) is 2.36. The summed E-state index contributed by atoms with van der Waals surface area (Å²) in [5.41, 5.74) is 0. The molecular weight excluding hydrogens is 280 g/mol. The summed E-state index contributed by atoms with van der Waals surface area (Å²) in [6, 6.07) is 3.78. The van der Waals surface area contributed by atoms with Crippen LogP contribution in [0.25, 0.3) is 0 Å². The molecule has 0 bridgehead atoms. The fourth-order valence-electron chi connectivity index (χ4n) is 1.37. The number of aliphatic hydroxyl groups is 1. The number of aryl methyl sites for hydroxylation is 1. The number of aromatic nitrogens is 1. The molecule has 1 amide bonds. The maximum atomic E-state index is 12.0. The third-order valence-corrected chi connectivity index (χ3v) is 4.31. The molecule has 2 aromatic rings. The van der Waals surface area contributed by atoms with Crippen LogP contribution < -0.4 is 5.32 Å². The lowest BCUT2D eigenvalue weighted by atomic mass is 10.3. The van der Waals surface area contributed by atoms with E-state index in [1.807, 2.05) is 12.1 Å². The average Bonchev–Trinajstić information content (AvgIpc) is 3.05. The maximum absolute atomic E-state index is 12.0. The van der Waals surface area contributed by atoms with E-state index in [4.69, 9.17) is 5.11 Å². The molecule has 19 heavy (non-hydrogen) atoms. The lowest BCUT2D eigenvalue weighted by Crippen LogP contribution is -2.09. The quantitative estimate of drug-likeness (QED) is 0.854. The van der Waals surface area contributed by atoms with Gasteiger partial charge in [-0.3, -0.25) is 10.1 Å². The first-order valence-corrected chi connectivity index (χ1v) is 7.32. The van der Waals surface area contributed by atoms with Crippen LogP contribution in [-0.4, -0.2) is 22.6 Å². The van der Waals surface area contributed by atoms with Gasteiger partial charge in [-0.25, -0.2) is 4.98 Å². The molecule has 2 rings (SSSR count). The summed E-state index contributed by atoms with van der Waals surface area (Å²) in [4.78, 5) is 18.6. The van der Waals surface area contributed by atoms with Gasteiger partial charge in [-0.05, 0) is 18.6 Å². The van der Waals surface area contributed by atoms with E-state index >= 15 is 0 Å². The van der Waals surface area contributed by atoms with Crippen LogP contribution in [0.3, 0.4) is 0 Å². The first kappa shape index (κ1) is 13.7. The van der Waals surface area contributed by atoms with E-state index in [2.05, 4.69) is 29.1 Å². The Labute approximate surface area is 119 Å². The molecule has 98 valence electrons. The zero-order valence-corrected chi connectivity index (χ0v) is 11.9. The van der Waals surface area contributed by atoms with Crippen molar-refractivity contribution >= 4 is 33.7 Å². The Kier molecular flexibility index (Phi) is 4.68. The van der Waals surface area contributed by atoms with E-state index in [0.29, 0.717) is 14.9 Å². The van der Waals surface area contributed by atoms with Crippen LogP contribution in [0, 0.1) is 11.8 Å². The van der Waals surface area contributed by atoms with Gasteiger partial charge >= 0.3 is 0 Å². The molecule has 0 fully saturated rings. The predicted molar refractivity (Wildman–Crippen MR) is 77.7 cm³/mol. The Morgan fingerprint density at radius 1 is 1.47 bits per heavy atom. The molecule has 0 radical (unpaired) electrons. The minimum absolute atomic E-state index is 0.152. The number of amides is 1. The van der Waals surface area contributed by atoms with Gasteiger partial charge in [0.15, 0.2) is 5.13 Å². The van der Waals surface area contributed by atoms with Gasteiger partial charge in [0.1, 0.15) is 6.61 Å². The number of carbonyl (C=O) groups is 1. The average molecular weight is 292 g/mol. The lowest BCUT2D eigenvalue weighted by molar-refractivity contribution is 0.103. The van der Waals surface area contributed by atoms with Crippen LogP contribution >= 0.6 is 22.7 Å². The zero-order chi connectivity index (χ0) is 13.7. The number of thiophene rings is 1. The molecule has 4 nitrogen and oxygen atoms in total. The monoisotopic (exact) mass is 292 g/mol. The molecule has 0 aliphatic rings. The largest absolute Gasteiger partial charge is 0.384 e. The van der Waals surface area contributed by atoms with E-state index in [9.17, 15) is 4.79 Å². The third-order valence-electron chi connectivity index (χ3n) is 2.25. The van der Waals surface area contributed by atoms with Gasteiger partial charge in [-0.2, -0.15) is 0 Å². The lowest BCUT2D eigenvalue weighted by Gasteiger charge is -1.97. The molecule has 0 aliphatic heterocycles. The van der Waals surface area contributed by atoms with Crippen molar-refractivity contribution in [3.8, 4) is 11.8 Å². The molecule has 2 aromatic heterocycles. The first-order valence-electron chi connectivity index (χ1n) is 5.68. The van der Waals surface area contributed by atoms with Gasteiger partial charge in [0.25, 0.3) is 5.91 Å². The second-order valence-corrected chi connectivity index (χ2v) is 5.76. The fourth-order valence-corrected chi connectivity index (χ4v) is 2.89. The summed E-state index contributed by atoms with van der Waals surface area (Å²) >= 11 is 2.77. The van der Waals surface area contributed by atoms with Crippen molar-refractivity contribution in [2.75, 3.05) is 11.9 Å². The number of hydrogen-bond acceptors (Lipinski definition) is 5. The number of hydrogen-bond donors (Lipinski definition) is 2. The number of nitrogens with one attached hydrogen (secondary N) is 1. The molecule has 0 unspecified atom stereocenters. The molecule has 2 heterocycles. The molecule has 6 heteroatoms. The van der Waals surface area contributed by atoms with Crippen LogP contribution in [-0.2, 0) is 6.42 Å². The van der Waals surface area contributed by atoms with Crippen molar-refractivity contribution in [2.24, 2.45) is 0 Å². The molecule has 0 atom stereocenters. The highest BCUT2D eigenvalue weighted by Crippen LogP contribution is 2.21. The molecule has 0 aromatic carbocycles. The Hall–Kier alpha value is -1.68. The van der Waals surface area contributed by atoms with E-state index in [1.54, 1.807) is 6.20 Å². The van der Waals surface area contributed by atoms with Crippen LogP contribution in [0.1, 0.15) is 26.3 Å². The highest BCUT2D eigenvalue weighted by molar-refractivity contribution is 7.16. The van der Waals surface area contributed by atoms with E-state index in [1.165, 1.54) is 27.6 Å². The van der Waals surface area contributed by atoms with Crippen molar-refractivity contribution in [3.05, 3.63) is 33.0 Å². The summed E-state index contributed by atoms with van der Waals surface area (Å²) in [6.45, 7) is 1.87. The normalized spacial score (nSPS) is 9.79. The highest BCUT2D eigenvalue weighted by Gasteiger charge is 2.10. The van der Waals surface area contributed by atoms with Crippen LogP contribution in [0.4, 0.5) is 5.13 Å². The summed E-state index contributed by atoms with van der Waals surface area (Å²) in [5, 5.41) is 11.9. The maximum Gasteiger partial charge on any atom is 0.267 e. The second-order valence-electron chi connectivity index (χ2n) is 3.56. The first-order chi connectivity index (χ1) is 9.22. The Morgan fingerprint density at radius 3 is 3.00 bits per heavy atom. The smallest absolute Gasteiger partial charge is 0.267 e. The van der Waals surface area contributed by atoms with E-state index in [-0.39, 0.29) is 12.5 Å². The molecule has 0 saturated heterocycles. The van der Waals surface area contributed by atoms with E-state index in [0.717, 1.165) is 6.42 Å². The topological polar surface area (TPSA) is 62.2 Å². The van der Waals surface area contributed by atoms with Gasteiger partial charge in [-0.15, -0.1) is 11.3 Å². The van der Waals surface area contributed by atoms with Gasteiger partial charge < -0.3 is 5.11 Å². The molecule has 0 spiro atoms. The molecular formula is C13H12N2O2S2. The Morgan fingerprint density at radius 2 is 2.32 bits per heavy atom. The van der Waals surface area contributed by atoms with Crippen LogP contribution in [0.5, 0.6) is 0 Å². The third kappa shape index (κ3) is 3.64. The fraction of sp³-hybridized carbons (Fsp3) is 0.231. The summed E-state index contributed by atoms with van der Waals surface area (Å²) in [5.74, 6) is 5.14.